The summed E-state index contributed by atoms with van der Waals surface area (Å²) in [5, 5.41) is 0. The lowest BCUT2D eigenvalue weighted by Crippen LogP contribution is -2.44. The number of hydrogen-bond donors (Lipinski definition) is 0. The molecule has 7 nitrogen and oxygen atoms in total. The van der Waals surface area contributed by atoms with E-state index >= 15 is 0 Å². The van der Waals surface area contributed by atoms with Gasteiger partial charge in [-0.05, 0) is 46.8 Å². The van der Waals surface area contributed by atoms with Gasteiger partial charge in [0.2, 0.25) is 0 Å². The van der Waals surface area contributed by atoms with E-state index in [1.807, 2.05) is 46.8 Å². The molecule has 27 heavy (non-hydrogen) atoms. The van der Waals surface area contributed by atoms with Gasteiger partial charge in [-0.15, -0.1) is 0 Å². The lowest BCUT2D eigenvalue weighted by molar-refractivity contribution is -0.230. The molecular formula is C19H26O7S. The van der Waals surface area contributed by atoms with Crippen LogP contribution in [0.5, 0.6) is 0 Å². The van der Waals surface area contributed by atoms with Gasteiger partial charge in [0, 0.05) is 0 Å². The van der Waals surface area contributed by atoms with Crippen molar-refractivity contribution in [2.24, 2.45) is 0 Å². The maximum absolute atomic E-state index is 12.8. The van der Waals surface area contributed by atoms with Gasteiger partial charge in [-0.1, -0.05) is 17.7 Å². The zero-order valence-electron chi connectivity index (χ0n) is 16.2. The molecule has 0 unspecified atom stereocenters. The van der Waals surface area contributed by atoms with Crippen LogP contribution >= 0.6 is 0 Å². The molecule has 3 fully saturated rings. The first-order valence-corrected chi connectivity index (χ1v) is 10.2. The van der Waals surface area contributed by atoms with Crippen LogP contribution in [-0.4, -0.2) is 53.1 Å². The third kappa shape index (κ3) is 3.98. The summed E-state index contributed by atoms with van der Waals surface area (Å²) in [7, 11) is 0. The molecule has 3 aliphatic heterocycles. The van der Waals surface area contributed by atoms with Gasteiger partial charge < -0.3 is 23.7 Å². The summed E-state index contributed by atoms with van der Waals surface area (Å²) in [6.07, 6.45) is -2.57. The molecule has 0 spiro atoms. The molecule has 150 valence electrons. The Morgan fingerprint density at radius 1 is 1.00 bits per heavy atom. The van der Waals surface area contributed by atoms with Crippen LogP contribution in [0.15, 0.2) is 29.2 Å². The monoisotopic (exact) mass is 398 g/mol. The standard InChI is InChI=1S/C19H26O7S/c1-11-6-8-12(9-7-11)27(20)26-15-14(13-10-21-18(2,3)23-13)22-17-16(15)24-19(4,5)25-17/h6-9,13-17H,10H2,1-5H3/t13-,14-,15+,16-,17-,27-/m1/s1. The highest BCUT2D eigenvalue weighted by Gasteiger charge is 2.59. The summed E-state index contributed by atoms with van der Waals surface area (Å²) in [6.45, 7) is 9.66. The molecule has 6 atom stereocenters. The number of hydrogen-bond acceptors (Lipinski definition) is 7. The summed E-state index contributed by atoms with van der Waals surface area (Å²) >= 11 is -1.67. The minimum Gasteiger partial charge on any atom is -0.348 e. The summed E-state index contributed by atoms with van der Waals surface area (Å²) in [4.78, 5) is 0.588. The Morgan fingerprint density at radius 2 is 1.70 bits per heavy atom. The minimum absolute atomic E-state index is 0.359. The Hall–Kier alpha value is -0.870. The molecule has 3 saturated heterocycles. The van der Waals surface area contributed by atoms with Crippen molar-refractivity contribution in [1.29, 1.82) is 0 Å². The summed E-state index contributed by atoms with van der Waals surface area (Å²) in [5.74, 6) is -1.49. The van der Waals surface area contributed by atoms with E-state index in [1.54, 1.807) is 12.1 Å². The normalized spacial score (nSPS) is 38.0. The molecule has 1 aromatic rings. The second-order valence-corrected chi connectivity index (χ2v) is 9.18. The lowest BCUT2D eigenvalue weighted by atomic mass is 10.1. The van der Waals surface area contributed by atoms with Crippen LogP contribution in [0, 0.1) is 6.92 Å². The van der Waals surface area contributed by atoms with Crippen LogP contribution in [0.25, 0.3) is 0 Å². The van der Waals surface area contributed by atoms with Crippen molar-refractivity contribution in [1.82, 2.24) is 0 Å². The third-order valence-electron chi connectivity index (χ3n) is 4.84. The predicted octanol–water partition coefficient (Wildman–Crippen LogP) is 2.43. The number of aryl methyl sites for hydroxylation is 1. The van der Waals surface area contributed by atoms with Gasteiger partial charge in [-0.2, -0.15) is 0 Å². The van der Waals surface area contributed by atoms with Crippen molar-refractivity contribution in [2.75, 3.05) is 6.61 Å². The first-order valence-electron chi connectivity index (χ1n) is 9.12. The van der Waals surface area contributed by atoms with Crippen LogP contribution in [0.4, 0.5) is 0 Å². The van der Waals surface area contributed by atoms with E-state index in [2.05, 4.69) is 0 Å². The van der Waals surface area contributed by atoms with Gasteiger partial charge in [0.05, 0.1) is 11.5 Å². The molecule has 0 aromatic heterocycles. The maximum Gasteiger partial charge on any atom is 0.190 e. The maximum atomic E-state index is 12.8. The van der Waals surface area contributed by atoms with E-state index in [1.165, 1.54) is 0 Å². The van der Waals surface area contributed by atoms with E-state index < -0.39 is 47.3 Å². The number of benzene rings is 1. The summed E-state index contributed by atoms with van der Waals surface area (Å²) in [5.41, 5.74) is 1.09. The van der Waals surface area contributed by atoms with Crippen molar-refractivity contribution < 1.29 is 32.1 Å². The van der Waals surface area contributed by atoms with Gasteiger partial charge in [0.15, 0.2) is 28.9 Å². The first kappa shape index (κ1) is 19.4. The van der Waals surface area contributed by atoms with Gasteiger partial charge in [-0.25, -0.2) is 4.21 Å². The molecular weight excluding hydrogens is 372 g/mol. The van der Waals surface area contributed by atoms with Crippen LogP contribution in [0.2, 0.25) is 0 Å². The van der Waals surface area contributed by atoms with Gasteiger partial charge >= 0.3 is 0 Å². The molecule has 8 heteroatoms. The fourth-order valence-corrected chi connectivity index (χ4v) is 4.49. The smallest absolute Gasteiger partial charge is 0.190 e. The van der Waals surface area contributed by atoms with Crippen molar-refractivity contribution in [3.8, 4) is 0 Å². The van der Waals surface area contributed by atoms with Crippen molar-refractivity contribution >= 4 is 11.1 Å². The van der Waals surface area contributed by atoms with Gasteiger partial charge in [-0.3, -0.25) is 4.18 Å². The van der Waals surface area contributed by atoms with E-state index in [4.69, 9.17) is 27.9 Å². The third-order valence-corrected chi connectivity index (χ3v) is 5.89. The van der Waals surface area contributed by atoms with E-state index in [-0.39, 0.29) is 6.10 Å². The van der Waals surface area contributed by atoms with Gasteiger partial charge in [0.25, 0.3) is 0 Å². The summed E-state index contributed by atoms with van der Waals surface area (Å²) in [6, 6.07) is 7.39. The Kier molecular flexibility index (Phi) is 4.95. The SMILES string of the molecule is Cc1ccc([S@](=O)O[C@@H]2[C@H]3OC(C)(C)O[C@H]3O[C@@H]2[C@H]2COC(C)(C)O2)cc1. The molecule has 3 aliphatic rings. The lowest BCUT2D eigenvalue weighted by Gasteiger charge is -2.28. The highest BCUT2D eigenvalue weighted by atomic mass is 32.2. The average molecular weight is 398 g/mol. The topological polar surface area (TPSA) is 72.5 Å². The molecule has 0 amide bonds. The molecule has 0 saturated carbocycles. The Bertz CT molecular complexity index is 717. The van der Waals surface area contributed by atoms with E-state index in [9.17, 15) is 4.21 Å². The van der Waals surface area contributed by atoms with Crippen molar-refractivity contribution in [3.05, 3.63) is 29.8 Å². The highest BCUT2D eigenvalue weighted by Crippen LogP contribution is 2.42. The largest absolute Gasteiger partial charge is 0.348 e. The van der Waals surface area contributed by atoms with Crippen LogP contribution in [0.3, 0.4) is 0 Å². The molecule has 0 bridgehead atoms. The predicted molar refractivity (Wildman–Crippen MR) is 96.1 cm³/mol. The van der Waals surface area contributed by atoms with E-state index in [0.29, 0.717) is 11.5 Å². The minimum atomic E-state index is -1.67. The van der Waals surface area contributed by atoms with Crippen LogP contribution < -0.4 is 0 Å². The number of ether oxygens (including phenoxy) is 5. The first-order chi connectivity index (χ1) is 12.6. The zero-order chi connectivity index (χ0) is 19.4. The quantitative estimate of drug-likeness (QED) is 0.771. The second kappa shape index (κ2) is 6.88. The Balaban J connectivity index is 1.55. The number of rotatable bonds is 4. The summed E-state index contributed by atoms with van der Waals surface area (Å²) < 4.78 is 48.2. The molecule has 0 aliphatic carbocycles. The molecule has 0 N–H and O–H groups in total. The molecule has 1 aromatic carbocycles. The van der Waals surface area contributed by atoms with Crippen molar-refractivity contribution in [2.45, 2.75) is 81.8 Å². The average Bonchev–Trinajstić information content (AvgIpc) is 3.18. The number of fused-ring (bicyclic) bond motifs is 1. The van der Waals surface area contributed by atoms with Gasteiger partial charge in [0.1, 0.15) is 24.4 Å². The van der Waals surface area contributed by atoms with Crippen molar-refractivity contribution in [3.63, 3.8) is 0 Å². The molecule has 4 rings (SSSR count). The van der Waals surface area contributed by atoms with Crippen LogP contribution in [-0.2, 0) is 38.9 Å². The Labute approximate surface area is 161 Å². The fraction of sp³-hybridized carbons (Fsp3) is 0.684. The second-order valence-electron chi connectivity index (χ2n) is 8.04. The van der Waals surface area contributed by atoms with E-state index in [0.717, 1.165) is 5.56 Å². The fourth-order valence-electron chi connectivity index (χ4n) is 3.60. The zero-order valence-corrected chi connectivity index (χ0v) is 17.0. The molecule has 3 heterocycles. The van der Waals surface area contributed by atoms with Crippen LogP contribution in [0.1, 0.15) is 33.3 Å². The highest BCUT2D eigenvalue weighted by molar-refractivity contribution is 7.80. The molecule has 0 radical (unpaired) electrons. The Morgan fingerprint density at radius 3 is 2.33 bits per heavy atom.